The molecule has 2 aromatic heterocycles. The van der Waals surface area contributed by atoms with E-state index in [-0.39, 0.29) is 17.3 Å². The van der Waals surface area contributed by atoms with Gasteiger partial charge in [0.15, 0.2) is 5.69 Å². The summed E-state index contributed by atoms with van der Waals surface area (Å²) in [5.41, 5.74) is 8.47. The molecule has 1 fully saturated rings. The number of rotatable bonds is 4. The fourth-order valence-corrected chi connectivity index (χ4v) is 2.63. The number of piperidine rings is 1. The Kier molecular flexibility index (Phi) is 4.21. The van der Waals surface area contributed by atoms with Crippen molar-refractivity contribution >= 4 is 11.7 Å². The molecule has 11 heteroatoms. The molecule has 0 aromatic carbocycles. The smallest absolute Gasteiger partial charge is 0.287 e. The number of nitrogens with two attached hydrogens (primary N) is 2. The molecule has 3 heterocycles. The number of hydrogen-bond donors (Lipinski definition) is 3. The van der Waals surface area contributed by atoms with Gasteiger partial charge in [-0.25, -0.2) is 10.5 Å². The van der Waals surface area contributed by atoms with E-state index < -0.39 is 5.91 Å². The second-order valence-corrected chi connectivity index (χ2v) is 5.70. The summed E-state index contributed by atoms with van der Waals surface area (Å²) in [5.74, 6) is 5.68. The fourth-order valence-electron chi connectivity index (χ4n) is 2.63. The molecule has 2 aromatic rings. The summed E-state index contributed by atoms with van der Waals surface area (Å²) in [7, 11) is 0. The SMILES string of the molecule is CC1CCN(Cc2c(C(=O)NN)nnn2-c2nonc2N)CC1. The van der Waals surface area contributed by atoms with Crippen LogP contribution in [0.15, 0.2) is 4.63 Å². The normalized spacial score (nSPS) is 16.6. The molecule has 0 spiro atoms. The van der Waals surface area contributed by atoms with E-state index in [2.05, 4.69) is 42.5 Å². The van der Waals surface area contributed by atoms with Crippen molar-refractivity contribution in [1.82, 2.24) is 35.6 Å². The summed E-state index contributed by atoms with van der Waals surface area (Å²) in [6, 6.07) is 0. The molecule has 1 saturated heterocycles. The summed E-state index contributed by atoms with van der Waals surface area (Å²) in [6.07, 6.45) is 2.21. The topological polar surface area (TPSA) is 154 Å². The third-order valence-corrected chi connectivity index (χ3v) is 4.06. The standard InChI is InChI=1S/C12H19N9O2/c1-7-2-4-20(5-3-7)6-8-9(12(22)15-14)16-19-21(8)11-10(13)17-23-18-11/h7H,2-6,14H2,1H3,(H2,13,17)(H,15,22). The van der Waals surface area contributed by atoms with Gasteiger partial charge in [-0.05, 0) is 42.2 Å². The molecule has 3 rings (SSSR count). The maximum absolute atomic E-state index is 11.9. The van der Waals surface area contributed by atoms with Crippen LogP contribution in [-0.2, 0) is 6.54 Å². The lowest BCUT2D eigenvalue weighted by atomic mass is 9.99. The zero-order chi connectivity index (χ0) is 16.4. The van der Waals surface area contributed by atoms with Crippen molar-refractivity contribution in [1.29, 1.82) is 0 Å². The van der Waals surface area contributed by atoms with Crippen molar-refractivity contribution in [3.05, 3.63) is 11.4 Å². The minimum absolute atomic E-state index is 0.0723. The number of nitrogens with zero attached hydrogens (tertiary/aromatic N) is 6. The van der Waals surface area contributed by atoms with E-state index in [9.17, 15) is 4.79 Å². The molecular formula is C12H19N9O2. The van der Waals surface area contributed by atoms with E-state index in [4.69, 9.17) is 11.6 Å². The number of carbonyl (C=O) groups is 1. The third-order valence-electron chi connectivity index (χ3n) is 4.06. The first-order valence-corrected chi connectivity index (χ1v) is 7.36. The molecule has 5 N–H and O–H groups in total. The molecule has 1 amide bonds. The molecule has 0 aliphatic carbocycles. The van der Waals surface area contributed by atoms with Crippen LogP contribution in [0.25, 0.3) is 5.82 Å². The van der Waals surface area contributed by atoms with E-state index in [1.165, 1.54) is 4.68 Å². The van der Waals surface area contributed by atoms with Gasteiger partial charge in [0.05, 0.1) is 5.69 Å². The Balaban J connectivity index is 1.93. The highest BCUT2D eigenvalue weighted by Gasteiger charge is 2.26. The lowest BCUT2D eigenvalue weighted by Gasteiger charge is -2.30. The lowest BCUT2D eigenvalue weighted by Crippen LogP contribution is -2.35. The van der Waals surface area contributed by atoms with Crippen molar-refractivity contribution < 1.29 is 9.42 Å². The predicted molar refractivity (Wildman–Crippen MR) is 79.0 cm³/mol. The maximum Gasteiger partial charge on any atom is 0.287 e. The fraction of sp³-hybridized carbons (Fsp3) is 0.583. The highest BCUT2D eigenvalue weighted by Crippen LogP contribution is 2.21. The van der Waals surface area contributed by atoms with Crippen LogP contribution in [0, 0.1) is 5.92 Å². The maximum atomic E-state index is 11.9. The zero-order valence-corrected chi connectivity index (χ0v) is 12.8. The Hall–Kier alpha value is -2.53. The van der Waals surface area contributed by atoms with Gasteiger partial charge >= 0.3 is 0 Å². The van der Waals surface area contributed by atoms with Gasteiger partial charge in [0.25, 0.3) is 5.91 Å². The first-order valence-electron chi connectivity index (χ1n) is 7.36. The van der Waals surface area contributed by atoms with Crippen LogP contribution >= 0.6 is 0 Å². The molecular weight excluding hydrogens is 302 g/mol. The van der Waals surface area contributed by atoms with Crippen LogP contribution < -0.4 is 17.0 Å². The van der Waals surface area contributed by atoms with Gasteiger partial charge < -0.3 is 5.73 Å². The highest BCUT2D eigenvalue weighted by atomic mass is 16.6. The van der Waals surface area contributed by atoms with E-state index in [0.717, 1.165) is 25.9 Å². The van der Waals surface area contributed by atoms with Gasteiger partial charge in [-0.15, -0.1) is 5.10 Å². The summed E-state index contributed by atoms with van der Waals surface area (Å²) < 4.78 is 5.97. The Morgan fingerprint density at radius 3 is 2.74 bits per heavy atom. The number of aromatic nitrogens is 5. The van der Waals surface area contributed by atoms with Crippen molar-refractivity contribution in [3.63, 3.8) is 0 Å². The highest BCUT2D eigenvalue weighted by molar-refractivity contribution is 5.92. The van der Waals surface area contributed by atoms with Gasteiger partial charge in [0.1, 0.15) is 0 Å². The predicted octanol–water partition coefficient (Wildman–Crippen LogP) is -0.932. The second-order valence-electron chi connectivity index (χ2n) is 5.70. The average Bonchev–Trinajstić information content (AvgIpc) is 3.15. The minimum Gasteiger partial charge on any atom is -0.378 e. The van der Waals surface area contributed by atoms with Crippen molar-refractivity contribution in [3.8, 4) is 5.82 Å². The Morgan fingerprint density at radius 1 is 1.39 bits per heavy atom. The summed E-state index contributed by atoms with van der Waals surface area (Å²) in [4.78, 5) is 14.2. The summed E-state index contributed by atoms with van der Waals surface area (Å²) >= 11 is 0. The van der Waals surface area contributed by atoms with Crippen LogP contribution in [0.1, 0.15) is 35.9 Å². The Bertz CT molecular complexity index is 687. The van der Waals surface area contributed by atoms with Crippen LogP contribution in [-0.4, -0.2) is 49.2 Å². The van der Waals surface area contributed by atoms with E-state index in [0.29, 0.717) is 18.2 Å². The van der Waals surface area contributed by atoms with Crippen molar-refractivity contribution in [2.45, 2.75) is 26.3 Å². The van der Waals surface area contributed by atoms with E-state index >= 15 is 0 Å². The first kappa shape index (κ1) is 15.4. The Labute approximate surface area is 131 Å². The van der Waals surface area contributed by atoms with Crippen LogP contribution in [0.2, 0.25) is 0 Å². The van der Waals surface area contributed by atoms with Crippen LogP contribution in [0.3, 0.4) is 0 Å². The number of anilines is 1. The van der Waals surface area contributed by atoms with Crippen molar-refractivity contribution in [2.75, 3.05) is 18.8 Å². The van der Waals surface area contributed by atoms with Gasteiger partial charge in [-0.1, -0.05) is 12.1 Å². The Morgan fingerprint density at radius 2 is 2.13 bits per heavy atom. The monoisotopic (exact) mass is 321 g/mol. The molecule has 0 atom stereocenters. The number of carbonyl (C=O) groups excluding carboxylic acids is 1. The zero-order valence-electron chi connectivity index (χ0n) is 12.8. The largest absolute Gasteiger partial charge is 0.378 e. The summed E-state index contributed by atoms with van der Waals surface area (Å²) in [6.45, 7) is 4.58. The van der Waals surface area contributed by atoms with E-state index in [1.54, 1.807) is 0 Å². The number of nitrogen functional groups attached to an aromatic ring is 2. The molecule has 0 unspecified atom stereocenters. The minimum atomic E-state index is -0.522. The second kappa shape index (κ2) is 6.30. The van der Waals surface area contributed by atoms with Gasteiger partial charge in [-0.2, -0.15) is 4.68 Å². The molecule has 0 radical (unpaired) electrons. The first-order chi connectivity index (χ1) is 11.1. The summed E-state index contributed by atoms with van der Waals surface area (Å²) in [5, 5.41) is 15.1. The average molecular weight is 321 g/mol. The number of likely N-dealkylation sites (tertiary alicyclic amines) is 1. The van der Waals surface area contributed by atoms with Gasteiger partial charge in [0, 0.05) is 6.54 Å². The molecule has 0 bridgehead atoms. The molecule has 23 heavy (non-hydrogen) atoms. The molecule has 1 aliphatic rings. The number of hydrogen-bond acceptors (Lipinski definition) is 9. The van der Waals surface area contributed by atoms with Crippen molar-refractivity contribution in [2.24, 2.45) is 11.8 Å². The van der Waals surface area contributed by atoms with Gasteiger partial charge in [-0.3, -0.25) is 15.1 Å². The van der Waals surface area contributed by atoms with Crippen LogP contribution in [0.4, 0.5) is 5.82 Å². The third kappa shape index (κ3) is 3.00. The van der Waals surface area contributed by atoms with E-state index in [1.807, 2.05) is 0 Å². The van der Waals surface area contributed by atoms with Gasteiger partial charge in [0.2, 0.25) is 11.6 Å². The molecule has 1 aliphatic heterocycles. The molecule has 0 saturated carbocycles. The van der Waals surface area contributed by atoms with Crippen LogP contribution in [0.5, 0.6) is 0 Å². The molecule has 124 valence electrons. The quantitative estimate of drug-likeness (QED) is 0.368. The lowest BCUT2D eigenvalue weighted by molar-refractivity contribution is 0.0945. The molecule has 11 nitrogen and oxygen atoms in total. The number of nitrogens with one attached hydrogen (secondary N) is 1. The number of hydrazine groups is 1. The number of amides is 1.